The lowest BCUT2D eigenvalue weighted by atomic mass is 9.89. The second kappa shape index (κ2) is 9.71. The van der Waals surface area contributed by atoms with E-state index in [2.05, 4.69) is 30.3 Å². The van der Waals surface area contributed by atoms with E-state index in [0.717, 1.165) is 38.1 Å². The summed E-state index contributed by atoms with van der Waals surface area (Å²) in [5.41, 5.74) is 2.75. The molecule has 6 aromatic rings. The van der Waals surface area contributed by atoms with E-state index in [1.807, 2.05) is 85.8 Å². The van der Waals surface area contributed by atoms with E-state index in [1.54, 1.807) is 0 Å². The molecule has 0 saturated carbocycles. The van der Waals surface area contributed by atoms with Crippen LogP contribution in [-0.4, -0.2) is 25.5 Å². The van der Waals surface area contributed by atoms with Crippen molar-refractivity contribution in [3.8, 4) is 51.0 Å². The Morgan fingerprint density at radius 2 is 0.850 bits per heavy atom. The Kier molecular flexibility index (Phi) is 6.04. The molecule has 0 atom stereocenters. The van der Waals surface area contributed by atoms with Crippen molar-refractivity contribution < 1.29 is 25.5 Å². The highest BCUT2D eigenvalue weighted by molar-refractivity contribution is 6.17. The quantitative estimate of drug-likeness (QED) is 0.0885. The monoisotopic (exact) mass is 526 g/mol. The van der Waals surface area contributed by atoms with Gasteiger partial charge in [0, 0.05) is 5.56 Å². The lowest BCUT2D eigenvalue weighted by Crippen LogP contribution is -1.90. The average molecular weight is 527 g/mol. The summed E-state index contributed by atoms with van der Waals surface area (Å²) in [6, 6.07) is 35.8. The van der Waals surface area contributed by atoms with Gasteiger partial charge in [-0.15, -0.1) is 0 Å². The number of benzene rings is 5. The number of aryl methyl sites for hydroxylation is 1. The maximum Gasteiger partial charge on any atom is 0.208 e. The van der Waals surface area contributed by atoms with Gasteiger partial charge in [0.15, 0.2) is 11.5 Å². The second-order valence-electron chi connectivity index (χ2n) is 9.74. The number of phenols is 5. The molecule has 5 heteroatoms. The van der Waals surface area contributed by atoms with Gasteiger partial charge in [-0.2, -0.15) is 0 Å². The minimum Gasteiger partial charge on any atom is -0.504 e. The zero-order valence-electron chi connectivity index (χ0n) is 21.6. The molecular formula is C35H26O5. The Bertz CT molecular complexity index is 2000. The first kappa shape index (κ1) is 24.9. The van der Waals surface area contributed by atoms with Crippen LogP contribution in [-0.2, 0) is 0 Å². The molecule has 0 aliphatic rings. The largest absolute Gasteiger partial charge is 0.504 e. The third-order valence-corrected chi connectivity index (χ3v) is 7.39. The fraction of sp³-hybridized carbons (Fsp3) is 0.0286. The number of hydrogen-bond donors (Lipinski definition) is 5. The van der Waals surface area contributed by atoms with Crippen LogP contribution in [0.3, 0.4) is 0 Å². The van der Waals surface area contributed by atoms with E-state index in [1.165, 1.54) is 0 Å². The summed E-state index contributed by atoms with van der Waals surface area (Å²) in [5, 5.41) is 58.6. The zero-order valence-corrected chi connectivity index (χ0v) is 21.6. The van der Waals surface area contributed by atoms with Crippen LogP contribution in [0.25, 0.3) is 54.6 Å². The normalized spacial score (nSPS) is 11.1. The molecule has 0 bridgehead atoms. The minimum atomic E-state index is -0.994. The smallest absolute Gasteiger partial charge is 0.208 e. The molecule has 0 heterocycles. The van der Waals surface area contributed by atoms with Crippen LogP contribution in [0.2, 0.25) is 0 Å². The van der Waals surface area contributed by atoms with E-state index >= 15 is 0 Å². The van der Waals surface area contributed by atoms with Crippen molar-refractivity contribution in [1.29, 1.82) is 0 Å². The van der Waals surface area contributed by atoms with E-state index in [9.17, 15) is 25.5 Å². The summed E-state index contributed by atoms with van der Waals surface area (Å²) in [6.07, 6.45) is 0. The molecule has 0 aliphatic carbocycles. The zero-order chi connectivity index (χ0) is 28.0. The van der Waals surface area contributed by atoms with Gasteiger partial charge in [0.25, 0.3) is 0 Å². The summed E-state index contributed by atoms with van der Waals surface area (Å²) in [5.74, 6) is -4.30. The molecule has 0 amide bonds. The molecule has 5 N–H and O–H groups in total. The Morgan fingerprint density at radius 3 is 1.52 bits per heavy atom. The summed E-state index contributed by atoms with van der Waals surface area (Å²) < 4.78 is 0. The van der Waals surface area contributed by atoms with Crippen LogP contribution in [0, 0.1) is 6.92 Å². The molecule has 6 aromatic carbocycles. The predicted molar refractivity (Wildman–Crippen MR) is 161 cm³/mol. The lowest BCUT2D eigenvalue weighted by molar-refractivity contribution is 0.330. The Balaban J connectivity index is 1.85. The minimum absolute atomic E-state index is 0.185. The topological polar surface area (TPSA) is 101 Å². The van der Waals surface area contributed by atoms with E-state index in [-0.39, 0.29) is 5.56 Å². The van der Waals surface area contributed by atoms with Crippen LogP contribution in [0.1, 0.15) is 5.56 Å². The molecular weight excluding hydrogens is 500 g/mol. The van der Waals surface area contributed by atoms with Crippen molar-refractivity contribution in [2.75, 3.05) is 0 Å². The molecule has 0 aromatic heterocycles. The highest BCUT2D eigenvalue weighted by Crippen LogP contribution is 2.56. The molecule has 40 heavy (non-hydrogen) atoms. The van der Waals surface area contributed by atoms with Crippen molar-refractivity contribution in [3.63, 3.8) is 0 Å². The first-order valence-electron chi connectivity index (χ1n) is 12.8. The highest BCUT2D eigenvalue weighted by Gasteiger charge is 2.26. The van der Waals surface area contributed by atoms with Gasteiger partial charge in [0.05, 0.1) is 5.56 Å². The summed E-state index contributed by atoms with van der Waals surface area (Å²) in [4.78, 5) is 0. The number of phenolic OH excluding ortho intramolecular Hbond substituents is 5. The Labute approximate surface area is 230 Å². The van der Waals surface area contributed by atoms with Crippen LogP contribution < -0.4 is 0 Å². The third kappa shape index (κ3) is 3.87. The van der Waals surface area contributed by atoms with Crippen molar-refractivity contribution in [1.82, 2.24) is 0 Å². The average Bonchev–Trinajstić information content (AvgIpc) is 2.98. The van der Waals surface area contributed by atoms with Gasteiger partial charge in [-0.1, -0.05) is 103 Å². The van der Waals surface area contributed by atoms with Crippen molar-refractivity contribution in [2.45, 2.75) is 6.92 Å². The Morgan fingerprint density at radius 1 is 0.375 bits per heavy atom. The maximum atomic E-state index is 10.9. The van der Waals surface area contributed by atoms with Gasteiger partial charge >= 0.3 is 0 Å². The first-order chi connectivity index (χ1) is 19.4. The van der Waals surface area contributed by atoms with Crippen molar-refractivity contribution in [2.24, 2.45) is 0 Å². The molecule has 0 unspecified atom stereocenters. The van der Waals surface area contributed by atoms with E-state index < -0.39 is 28.7 Å². The van der Waals surface area contributed by atoms with E-state index in [0.29, 0.717) is 16.5 Å². The summed E-state index contributed by atoms with van der Waals surface area (Å²) in [7, 11) is 0. The number of aromatic hydroxyl groups is 5. The van der Waals surface area contributed by atoms with Gasteiger partial charge in [0.2, 0.25) is 17.2 Å². The van der Waals surface area contributed by atoms with Crippen LogP contribution in [0.15, 0.2) is 109 Å². The number of hydrogen-bond acceptors (Lipinski definition) is 5. The van der Waals surface area contributed by atoms with Crippen molar-refractivity contribution in [3.05, 3.63) is 115 Å². The van der Waals surface area contributed by atoms with Gasteiger partial charge in [-0.25, -0.2) is 0 Å². The van der Waals surface area contributed by atoms with Gasteiger partial charge in [0.1, 0.15) is 0 Å². The fourth-order valence-electron chi connectivity index (χ4n) is 5.50. The summed E-state index contributed by atoms with van der Waals surface area (Å²) >= 11 is 0. The highest BCUT2D eigenvalue weighted by atomic mass is 16.4. The Hall–Kier alpha value is -5.42. The molecule has 0 spiro atoms. The van der Waals surface area contributed by atoms with Gasteiger partial charge in [-0.3, -0.25) is 0 Å². The summed E-state index contributed by atoms with van der Waals surface area (Å²) in [6.45, 7) is 1.81. The third-order valence-electron chi connectivity index (χ3n) is 7.39. The second-order valence-corrected chi connectivity index (χ2v) is 9.74. The van der Waals surface area contributed by atoms with Crippen molar-refractivity contribution >= 4 is 32.3 Å². The fourth-order valence-corrected chi connectivity index (χ4v) is 5.50. The molecule has 196 valence electrons. The van der Waals surface area contributed by atoms with Crippen LogP contribution >= 0.6 is 0 Å². The lowest BCUT2D eigenvalue weighted by Gasteiger charge is -2.17. The molecule has 6 rings (SSSR count). The molecule has 0 saturated heterocycles. The standard InChI is InChI=1S/C35H26O5/c1-20-11-3-2-4-14-26(28-19-21-12-5-6-13-22(21)23-15-7-8-17-25(23)28)24-16-9-10-18-27(24)29(20)30-31(36)33(38)35(40)34(39)32(30)37/h2-19,36-40H,1H3. The number of rotatable bonds is 2. The maximum absolute atomic E-state index is 10.9. The molecule has 0 radical (unpaired) electrons. The van der Waals surface area contributed by atoms with Crippen LogP contribution in [0.4, 0.5) is 0 Å². The SMILES string of the molecule is Cc1cccccc(-c2cc3ccccc3c3ccccc23)c2ccccc2c1-c1c(O)c(O)c(O)c(O)c1O. The van der Waals surface area contributed by atoms with Crippen LogP contribution in [0.5, 0.6) is 28.7 Å². The van der Waals surface area contributed by atoms with E-state index in [4.69, 9.17) is 0 Å². The number of fused-ring (bicyclic) bond motifs is 4. The molecule has 0 aliphatic heterocycles. The first-order valence-corrected chi connectivity index (χ1v) is 12.8. The van der Waals surface area contributed by atoms with Gasteiger partial charge in [-0.05, 0) is 62.0 Å². The predicted octanol–water partition coefficient (Wildman–Crippen LogP) is 8.44. The van der Waals surface area contributed by atoms with Gasteiger partial charge < -0.3 is 25.5 Å². The molecule has 0 fully saturated rings. The molecule has 5 nitrogen and oxygen atoms in total.